The van der Waals surface area contributed by atoms with Crippen molar-refractivity contribution in [3.63, 3.8) is 0 Å². The first-order chi connectivity index (χ1) is 9.25. The lowest BCUT2D eigenvalue weighted by molar-refractivity contribution is -0.122. The van der Waals surface area contributed by atoms with E-state index in [1.54, 1.807) is 0 Å². The number of ether oxygens (including phenoxy) is 1. The van der Waals surface area contributed by atoms with Gasteiger partial charge in [-0.05, 0) is 44.4 Å². The molecule has 2 aliphatic rings. The second-order valence-corrected chi connectivity index (χ2v) is 6.04. The molecule has 1 amide bonds. The van der Waals surface area contributed by atoms with Crippen molar-refractivity contribution in [1.29, 1.82) is 0 Å². The Labute approximate surface area is 128 Å². The molecular formula is C15H29ClN2O2. The van der Waals surface area contributed by atoms with Gasteiger partial charge < -0.3 is 15.8 Å². The highest BCUT2D eigenvalue weighted by Crippen LogP contribution is 2.25. The maximum Gasteiger partial charge on any atom is 0.220 e. The van der Waals surface area contributed by atoms with Crippen LogP contribution in [-0.2, 0) is 9.53 Å². The van der Waals surface area contributed by atoms with E-state index in [1.165, 1.54) is 25.7 Å². The quantitative estimate of drug-likeness (QED) is 0.819. The predicted molar refractivity (Wildman–Crippen MR) is 83.0 cm³/mol. The van der Waals surface area contributed by atoms with Crippen molar-refractivity contribution >= 4 is 18.3 Å². The molecule has 0 aromatic heterocycles. The van der Waals surface area contributed by atoms with Crippen LogP contribution < -0.4 is 11.1 Å². The standard InChI is InChI=1S/C15H28N2O2.ClH/c16-14-7-2-1-5-12(14)11-15(18)17-9-8-13-6-3-4-10-19-13;/h12-14H,1-11,16H2,(H,17,18);1H. The Balaban J connectivity index is 0.00000200. The normalized spacial score (nSPS) is 30.4. The number of rotatable bonds is 5. The molecule has 3 N–H and O–H groups in total. The van der Waals surface area contributed by atoms with Crippen LogP contribution in [0.2, 0.25) is 0 Å². The summed E-state index contributed by atoms with van der Waals surface area (Å²) in [7, 11) is 0. The fourth-order valence-corrected chi connectivity index (χ4v) is 3.21. The van der Waals surface area contributed by atoms with Gasteiger partial charge in [-0.1, -0.05) is 12.8 Å². The summed E-state index contributed by atoms with van der Waals surface area (Å²) in [5.74, 6) is 0.554. The molecule has 1 saturated carbocycles. The maximum atomic E-state index is 11.9. The molecule has 3 atom stereocenters. The van der Waals surface area contributed by atoms with Crippen LogP contribution in [0.4, 0.5) is 0 Å². The van der Waals surface area contributed by atoms with Crippen LogP contribution in [0.1, 0.15) is 57.8 Å². The first kappa shape index (κ1) is 17.7. The van der Waals surface area contributed by atoms with Gasteiger partial charge in [0.15, 0.2) is 0 Å². The van der Waals surface area contributed by atoms with Crippen molar-refractivity contribution in [2.24, 2.45) is 11.7 Å². The van der Waals surface area contributed by atoms with Crippen molar-refractivity contribution in [2.45, 2.75) is 69.9 Å². The Hall–Kier alpha value is -0.320. The van der Waals surface area contributed by atoms with Crippen LogP contribution in [0.15, 0.2) is 0 Å². The molecule has 4 nitrogen and oxygen atoms in total. The summed E-state index contributed by atoms with van der Waals surface area (Å²) < 4.78 is 5.66. The minimum atomic E-state index is 0. The Bertz CT molecular complexity index is 283. The minimum absolute atomic E-state index is 0. The fraction of sp³-hybridized carbons (Fsp3) is 0.933. The van der Waals surface area contributed by atoms with Gasteiger partial charge in [0.1, 0.15) is 0 Å². The highest BCUT2D eigenvalue weighted by Gasteiger charge is 2.24. The molecule has 2 fully saturated rings. The molecule has 0 aromatic rings. The van der Waals surface area contributed by atoms with Crippen molar-refractivity contribution in [3.8, 4) is 0 Å². The highest BCUT2D eigenvalue weighted by atomic mass is 35.5. The van der Waals surface area contributed by atoms with E-state index in [9.17, 15) is 4.79 Å². The van der Waals surface area contributed by atoms with Gasteiger partial charge in [-0.25, -0.2) is 0 Å². The maximum absolute atomic E-state index is 11.9. The molecular weight excluding hydrogens is 276 g/mol. The number of hydrogen-bond acceptors (Lipinski definition) is 3. The summed E-state index contributed by atoms with van der Waals surface area (Å²) in [5.41, 5.74) is 6.07. The molecule has 118 valence electrons. The van der Waals surface area contributed by atoms with Crippen LogP contribution in [0.5, 0.6) is 0 Å². The molecule has 1 aliphatic carbocycles. The zero-order valence-electron chi connectivity index (χ0n) is 12.3. The molecule has 0 spiro atoms. The van der Waals surface area contributed by atoms with Crippen LogP contribution in [-0.4, -0.2) is 31.2 Å². The molecule has 0 bridgehead atoms. The van der Waals surface area contributed by atoms with Gasteiger partial charge >= 0.3 is 0 Å². The number of nitrogens with two attached hydrogens (primary N) is 1. The van der Waals surface area contributed by atoms with E-state index in [0.29, 0.717) is 18.4 Å². The Kier molecular flexibility index (Phi) is 8.50. The third-order valence-corrected chi connectivity index (χ3v) is 4.48. The largest absolute Gasteiger partial charge is 0.378 e. The van der Waals surface area contributed by atoms with Crippen LogP contribution in [0, 0.1) is 5.92 Å². The number of hydrogen-bond donors (Lipinski definition) is 2. The number of amides is 1. The minimum Gasteiger partial charge on any atom is -0.378 e. The summed E-state index contributed by atoms with van der Waals surface area (Å²) in [6.07, 6.45) is 10.1. The first-order valence-corrected chi connectivity index (χ1v) is 7.89. The molecule has 1 heterocycles. The summed E-state index contributed by atoms with van der Waals surface area (Å²) in [4.78, 5) is 11.9. The van der Waals surface area contributed by atoms with E-state index in [0.717, 1.165) is 38.8 Å². The molecule has 0 radical (unpaired) electrons. The van der Waals surface area contributed by atoms with E-state index < -0.39 is 0 Å². The number of nitrogens with one attached hydrogen (secondary N) is 1. The average Bonchev–Trinajstić information content (AvgIpc) is 2.43. The molecule has 0 aromatic carbocycles. The van der Waals surface area contributed by atoms with E-state index in [-0.39, 0.29) is 24.4 Å². The highest BCUT2D eigenvalue weighted by molar-refractivity contribution is 5.85. The zero-order chi connectivity index (χ0) is 13.5. The molecule has 3 unspecified atom stereocenters. The Morgan fingerprint density at radius 2 is 1.90 bits per heavy atom. The van der Waals surface area contributed by atoms with Crippen molar-refractivity contribution in [3.05, 3.63) is 0 Å². The van der Waals surface area contributed by atoms with Crippen molar-refractivity contribution < 1.29 is 9.53 Å². The Morgan fingerprint density at radius 1 is 1.15 bits per heavy atom. The van der Waals surface area contributed by atoms with Crippen LogP contribution in [0.3, 0.4) is 0 Å². The lowest BCUT2D eigenvalue weighted by Crippen LogP contribution is -2.37. The van der Waals surface area contributed by atoms with Crippen LogP contribution in [0.25, 0.3) is 0 Å². The van der Waals surface area contributed by atoms with Crippen LogP contribution >= 0.6 is 12.4 Å². The molecule has 20 heavy (non-hydrogen) atoms. The number of halogens is 1. The van der Waals surface area contributed by atoms with Gasteiger partial charge in [0.25, 0.3) is 0 Å². The summed E-state index contributed by atoms with van der Waals surface area (Å²) in [6, 6.07) is 0.223. The second kappa shape index (κ2) is 9.59. The van der Waals surface area contributed by atoms with Gasteiger partial charge in [-0.2, -0.15) is 0 Å². The summed E-state index contributed by atoms with van der Waals surface area (Å²) in [6.45, 7) is 1.63. The third-order valence-electron chi connectivity index (χ3n) is 4.48. The monoisotopic (exact) mass is 304 g/mol. The molecule has 1 aliphatic heterocycles. The van der Waals surface area contributed by atoms with E-state index in [4.69, 9.17) is 10.5 Å². The van der Waals surface area contributed by atoms with Gasteiger partial charge in [0.2, 0.25) is 5.91 Å². The van der Waals surface area contributed by atoms with Gasteiger partial charge in [-0.15, -0.1) is 12.4 Å². The predicted octanol–water partition coefficient (Wildman–Crippen LogP) is 2.39. The second-order valence-electron chi connectivity index (χ2n) is 6.04. The smallest absolute Gasteiger partial charge is 0.220 e. The summed E-state index contributed by atoms with van der Waals surface area (Å²) in [5, 5.41) is 3.02. The average molecular weight is 305 g/mol. The topological polar surface area (TPSA) is 64.4 Å². The SMILES string of the molecule is Cl.NC1CCCCC1CC(=O)NCCC1CCCCO1. The van der Waals surface area contributed by atoms with Gasteiger partial charge in [0, 0.05) is 25.6 Å². The summed E-state index contributed by atoms with van der Waals surface area (Å²) >= 11 is 0. The first-order valence-electron chi connectivity index (χ1n) is 7.89. The third kappa shape index (κ3) is 5.98. The van der Waals surface area contributed by atoms with E-state index >= 15 is 0 Å². The Morgan fingerprint density at radius 3 is 2.60 bits per heavy atom. The lowest BCUT2D eigenvalue weighted by atomic mass is 9.83. The number of carbonyl (C=O) groups excluding carboxylic acids is 1. The molecule has 2 rings (SSSR count). The van der Waals surface area contributed by atoms with Crippen molar-refractivity contribution in [1.82, 2.24) is 5.32 Å². The molecule has 5 heteroatoms. The van der Waals surface area contributed by atoms with E-state index in [1.807, 2.05) is 0 Å². The fourth-order valence-electron chi connectivity index (χ4n) is 3.21. The lowest BCUT2D eigenvalue weighted by Gasteiger charge is -2.28. The van der Waals surface area contributed by atoms with Gasteiger partial charge in [-0.3, -0.25) is 4.79 Å². The zero-order valence-corrected chi connectivity index (χ0v) is 13.1. The van der Waals surface area contributed by atoms with Gasteiger partial charge in [0.05, 0.1) is 6.10 Å². The number of carbonyl (C=O) groups is 1. The molecule has 1 saturated heterocycles. The van der Waals surface area contributed by atoms with E-state index in [2.05, 4.69) is 5.32 Å². The van der Waals surface area contributed by atoms with Crippen molar-refractivity contribution in [2.75, 3.05) is 13.2 Å².